The summed E-state index contributed by atoms with van der Waals surface area (Å²) in [4.78, 5) is 2.49. The number of hydrogen-bond acceptors (Lipinski definition) is 4. The number of hydrogen-bond donors (Lipinski definition) is 1. The molecule has 2 unspecified atom stereocenters. The minimum absolute atomic E-state index is 0.0546. The highest BCUT2D eigenvalue weighted by Gasteiger charge is 2.34. The number of rotatable bonds is 3. The number of ether oxygens (including phenoxy) is 2. The summed E-state index contributed by atoms with van der Waals surface area (Å²) < 4.78 is 11.1. The predicted octanol–water partition coefficient (Wildman–Crippen LogP) is 1.81. The highest BCUT2D eigenvalue weighted by Crippen LogP contribution is 2.33. The molecule has 2 heterocycles. The first-order valence-corrected chi connectivity index (χ1v) is 7.50. The van der Waals surface area contributed by atoms with Crippen molar-refractivity contribution in [3.8, 4) is 5.75 Å². The molecule has 0 aliphatic carbocycles. The number of methoxy groups -OCH3 is 1. The van der Waals surface area contributed by atoms with Crippen molar-refractivity contribution in [3.63, 3.8) is 0 Å². The summed E-state index contributed by atoms with van der Waals surface area (Å²) in [6.07, 6.45) is 2.39. The van der Waals surface area contributed by atoms with Gasteiger partial charge in [0.2, 0.25) is 0 Å². The highest BCUT2D eigenvalue weighted by atomic mass is 16.5. The van der Waals surface area contributed by atoms with E-state index < -0.39 is 0 Å². The first-order chi connectivity index (χ1) is 9.79. The molecule has 1 saturated heterocycles. The van der Waals surface area contributed by atoms with Gasteiger partial charge in [0.1, 0.15) is 12.4 Å². The van der Waals surface area contributed by atoms with Crippen molar-refractivity contribution < 1.29 is 9.47 Å². The Morgan fingerprint density at radius 3 is 2.80 bits per heavy atom. The van der Waals surface area contributed by atoms with E-state index in [2.05, 4.69) is 11.0 Å². The second kappa shape index (κ2) is 6.12. The van der Waals surface area contributed by atoms with Gasteiger partial charge < -0.3 is 15.2 Å². The van der Waals surface area contributed by atoms with E-state index in [9.17, 15) is 0 Å². The van der Waals surface area contributed by atoms with Crippen LogP contribution in [0.4, 0.5) is 0 Å². The molecule has 20 heavy (non-hydrogen) atoms. The van der Waals surface area contributed by atoms with Gasteiger partial charge in [-0.25, -0.2) is 0 Å². The fourth-order valence-electron chi connectivity index (χ4n) is 3.39. The molecule has 0 bridgehead atoms. The third-order valence-corrected chi connectivity index (χ3v) is 4.62. The van der Waals surface area contributed by atoms with Gasteiger partial charge in [-0.1, -0.05) is 18.2 Å². The SMILES string of the molecule is COCC1CCN(C2COc3ccccc3C2N)CC1. The van der Waals surface area contributed by atoms with Gasteiger partial charge in [-0.3, -0.25) is 4.90 Å². The number of nitrogens with two attached hydrogens (primary N) is 1. The molecule has 2 aliphatic heterocycles. The lowest BCUT2D eigenvalue weighted by Gasteiger charge is -2.42. The minimum Gasteiger partial charge on any atom is -0.492 e. The van der Waals surface area contributed by atoms with Crippen LogP contribution in [0.5, 0.6) is 5.75 Å². The summed E-state index contributed by atoms with van der Waals surface area (Å²) in [5.41, 5.74) is 7.61. The zero-order chi connectivity index (χ0) is 13.9. The summed E-state index contributed by atoms with van der Waals surface area (Å²) >= 11 is 0. The van der Waals surface area contributed by atoms with E-state index in [-0.39, 0.29) is 6.04 Å². The van der Waals surface area contributed by atoms with Crippen LogP contribution in [0.1, 0.15) is 24.4 Å². The van der Waals surface area contributed by atoms with Crippen LogP contribution in [-0.2, 0) is 4.74 Å². The van der Waals surface area contributed by atoms with E-state index in [0.29, 0.717) is 18.6 Å². The summed E-state index contributed by atoms with van der Waals surface area (Å²) in [6, 6.07) is 8.49. The second-order valence-corrected chi connectivity index (χ2v) is 5.88. The number of likely N-dealkylation sites (tertiary alicyclic amines) is 1. The molecule has 3 rings (SSSR count). The van der Waals surface area contributed by atoms with Crippen LogP contribution in [0.2, 0.25) is 0 Å². The second-order valence-electron chi connectivity index (χ2n) is 5.88. The number of benzene rings is 1. The molecule has 110 valence electrons. The quantitative estimate of drug-likeness (QED) is 0.914. The van der Waals surface area contributed by atoms with Gasteiger partial charge in [0.25, 0.3) is 0 Å². The van der Waals surface area contributed by atoms with E-state index in [1.807, 2.05) is 18.2 Å². The fraction of sp³-hybridized carbons (Fsp3) is 0.625. The van der Waals surface area contributed by atoms with E-state index in [4.69, 9.17) is 15.2 Å². The van der Waals surface area contributed by atoms with Crippen molar-refractivity contribution in [3.05, 3.63) is 29.8 Å². The number of piperidine rings is 1. The van der Waals surface area contributed by atoms with Gasteiger partial charge in [0.15, 0.2) is 0 Å². The minimum atomic E-state index is 0.0546. The average Bonchev–Trinajstić information content (AvgIpc) is 2.49. The Balaban J connectivity index is 1.65. The van der Waals surface area contributed by atoms with Gasteiger partial charge in [-0.2, -0.15) is 0 Å². The highest BCUT2D eigenvalue weighted by molar-refractivity contribution is 5.38. The van der Waals surface area contributed by atoms with Gasteiger partial charge in [0.05, 0.1) is 12.1 Å². The maximum absolute atomic E-state index is 6.47. The van der Waals surface area contributed by atoms with Crippen LogP contribution in [0, 0.1) is 5.92 Å². The molecule has 0 saturated carbocycles. The average molecular weight is 276 g/mol. The van der Waals surface area contributed by atoms with E-state index in [1.165, 1.54) is 12.8 Å². The molecule has 0 radical (unpaired) electrons. The van der Waals surface area contributed by atoms with Gasteiger partial charge in [-0.15, -0.1) is 0 Å². The zero-order valence-corrected chi connectivity index (χ0v) is 12.1. The third-order valence-electron chi connectivity index (χ3n) is 4.62. The largest absolute Gasteiger partial charge is 0.492 e. The summed E-state index contributed by atoms with van der Waals surface area (Å²) in [5.74, 6) is 1.65. The molecular formula is C16H24N2O2. The molecule has 1 aromatic carbocycles. The zero-order valence-electron chi connectivity index (χ0n) is 12.1. The monoisotopic (exact) mass is 276 g/mol. The van der Waals surface area contributed by atoms with Gasteiger partial charge >= 0.3 is 0 Å². The third kappa shape index (κ3) is 2.68. The number of nitrogens with zero attached hydrogens (tertiary/aromatic N) is 1. The van der Waals surface area contributed by atoms with Crippen molar-refractivity contribution in [2.24, 2.45) is 11.7 Å². The summed E-state index contributed by atoms with van der Waals surface area (Å²) in [5, 5.41) is 0. The summed E-state index contributed by atoms with van der Waals surface area (Å²) in [6.45, 7) is 3.77. The Labute approximate surface area is 120 Å². The molecular weight excluding hydrogens is 252 g/mol. The molecule has 2 aliphatic rings. The van der Waals surface area contributed by atoms with E-state index in [1.54, 1.807) is 7.11 Å². The maximum Gasteiger partial charge on any atom is 0.124 e. The molecule has 2 atom stereocenters. The molecule has 4 nitrogen and oxygen atoms in total. The Kier molecular flexibility index (Phi) is 4.24. The molecule has 2 N–H and O–H groups in total. The van der Waals surface area contributed by atoms with Gasteiger partial charge in [0, 0.05) is 19.3 Å². The molecule has 0 aromatic heterocycles. The van der Waals surface area contributed by atoms with Gasteiger partial charge in [-0.05, 0) is 37.9 Å². The maximum atomic E-state index is 6.47. The lowest BCUT2D eigenvalue weighted by Crippen LogP contribution is -2.51. The first kappa shape index (κ1) is 13.9. The Morgan fingerprint density at radius 2 is 2.05 bits per heavy atom. The number of fused-ring (bicyclic) bond motifs is 1. The molecule has 0 spiro atoms. The lowest BCUT2D eigenvalue weighted by atomic mass is 9.91. The van der Waals surface area contributed by atoms with Crippen molar-refractivity contribution in [1.82, 2.24) is 4.90 Å². The Morgan fingerprint density at radius 1 is 1.30 bits per heavy atom. The standard InChI is InChI=1S/C16H24N2O2/c1-19-10-12-6-8-18(9-7-12)14-11-20-15-5-3-2-4-13(15)16(14)17/h2-5,12,14,16H,6-11,17H2,1H3. The van der Waals surface area contributed by atoms with Crippen LogP contribution in [-0.4, -0.2) is 44.4 Å². The van der Waals surface area contributed by atoms with Crippen molar-refractivity contribution >= 4 is 0 Å². The number of para-hydroxylation sites is 1. The molecule has 1 aromatic rings. The fourth-order valence-corrected chi connectivity index (χ4v) is 3.39. The molecule has 1 fully saturated rings. The van der Waals surface area contributed by atoms with Crippen LogP contribution in [0.3, 0.4) is 0 Å². The van der Waals surface area contributed by atoms with Crippen molar-refractivity contribution in [1.29, 1.82) is 0 Å². The molecule has 0 amide bonds. The van der Waals surface area contributed by atoms with Crippen LogP contribution in [0.15, 0.2) is 24.3 Å². The smallest absolute Gasteiger partial charge is 0.124 e. The predicted molar refractivity (Wildman–Crippen MR) is 78.8 cm³/mol. The topological polar surface area (TPSA) is 47.7 Å². The van der Waals surface area contributed by atoms with Crippen LogP contribution in [0.25, 0.3) is 0 Å². The normalized spacial score (nSPS) is 27.9. The van der Waals surface area contributed by atoms with Crippen LogP contribution < -0.4 is 10.5 Å². The van der Waals surface area contributed by atoms with Crippen LogP contribution >= 0.6 is 0 Å². The summed E-state index contributed by atoms with van der Waals surface area (Å²) in [7, 11) is 1.79. The van der Waals surface area contributed by atoms with E-state index >= 15 is 0 Å². The lowest BCUT2D eigenvalue weighted by molar-refractivity contribution is 0.0459. The first-order valence-electron chi connectivity index (χ1n) is 7.50. The van der Waals surface area contributed by atoms with E-state index in [0.717, 1.165) is 31.0 Å². The Hall–Kier alpha value is -1.10. The Bertz CT molecular complexity index is 444. The van der Waals surface area contributed by atoms with Crippen molar-refractivity contribution in [2.45, 2.75) is 24.9 Å². The molecule has 4 heteroatoms. The van der Waals surface area contributed by atoms with Crippen molar-refractivity contribution in [2.75, 3.05) is 33.4 Å².